The predicted octanol–water partition coefficient (Wildman–Crippen LogP) is 6.55. The topological polar surface area (TPSA) is 44.8 Å². The van der Waals surface area contributed by atoms with Crippen LogP contribution in [-0.4, -0.2) is 32.1 Å². The fourth-order valence-corrected chi connectivity index (χ4v) is 7.04. The Balaban J connectivity index is 1.67. The first-order chi connectivity index (χ1) is 17.6. The van der Waals surface area contributed by atoms with E-state index >= 15 is 0 Å². The molecular weight excluding hydrogens is 498 g/mol. The molecule has 0 bridgehead atoms. The van der Waals surface area contributed by atoms with Gasteiger partial charge in [0.25, 0.3) is 0 Å². The number of carbonyl (C=O) groups is 1. The highest BCUT2D eigenvalue weighted by Crippen LogP contribution is 2.41. The lowest BCUT2D eigenvalue weighted by Crippen LogP contribution is -2.41. The highest BCUT2D eigenvalue weighted by molar-refractivity contribution is 7.34. The van der Waals surface area contributed by atoms with Gasteiger partial charge in [-0.15, -0.1) is 11.3 Å². The van der Waals surface area contributed by atoms with Crippen molar-refractivity contribution < 1.29 is 18.8 Å². The quantitative estimate of drug-likeness (QED) is 0.112. The van der Waals surface area contributed by atoms with Crippen molar-refractivity contribution in [1.29, 1.82) is 0 Å². The molecular formula is C29H32B2O4S2. The van der Waals surface area contributed by atoms with Gasteiger partial charge in [-0.1, -0.05) is 50.5 Å². The van der Waals surface area contributed by atoms with Crippen molar-refractivity contribution in [2.45, 2.75) is 77.9 Å². The smallest absolute Gasteiger partial charge is 0.423 e. The van der Waals surface area contributed by atoms with Crippen LogP contribution in [0.2, 0.25) is 0 Å². The molecule has 5 rings (SSSR count). The number of unbranched alkanes of at least 4 members (excludes halogenated alkanes) is 3. The van der Waals surface area contributed by atoms with E-state index in [1.54, 1.807) is 34.8 Å². The monoisotopic (exact) mass is 530 g/mol. The van der Waals surface area contributed by atoms with E-state index in [1.165, 1.54) is 6.42 Å². The predicted molar refractivity (Wildman–Crippen MR) is 158 cm³/mol. The summed E-state index contributed by atoms with van der Waals surface area (Å²) in [5.74, 6) is 0.190. The summed E-state index contributed by atoms with van der Waals surface area (Å²) < 4.78 is 22.5. The minimum Gasteiger partial charge on any atom is -0.423 e. The van der Waals surface area contributed by atoms with Crippen LogP contribution in [0.15, 0.2) is 42.5 Å². The Bertz CT molecular complexity index is 1420. The molecule has 3 heterocycles. The summed E-state index contributed by atoms with van der Waals surface area (Å²) in [5, 5.41) is 1.93. The Morgan fingerprint density at radius 2 is 1.62 bits per heavy atom. The van der Waals surface area contributed by atoms with Crippen LogP contribution in [-0.2, 0) is 15.7 Å². The molecule has 1 aliphatic heterocycles. The molecule has 0 saturated carbocycles. The molecule has 8 heteroatoms. The summed E-state index contributed by atoms with van der Waals surface area (Å²) in [6.07, 6.45) is 5.25. The minimum atomic E-state index is -0.499. The molecule has 0 aliphatic carbocycles. The van der Waals surface area contributed by atoms with E-state index in [4.69, 9.17) is 21.9 Å². The van der Waals surface area contributed by atoms with Gasteiger partial charge in [0.05, 0.1) is 26.2 Å². The third-order valence-corrected chi connectivity index (χ3v) is 9.81. The number of esters is 1. The highest BCUT2D eigenvalue weighted by Gasteiger charge is 2.52. The molecule has 2 aromatic carbocycles. The van der Waals surface area contributed by atoms with E-state index in [0.29, 0.717) is 11.3 Å². The van der Waals surface area contributed by atoms with Crippen molar-refractivity contribution in [3.8, 4) is 5.75 Å². The maximum absolute atomic E-state index is 13.8. The van der Waals surface area contributed by atoms with Gasteiger partial charge in [0.1, 0.15) is 13.6 Å². The second kappa shape index (κ2) is 10.2. The van der Waals surface area contributed by atoms with E-state index in [1.807, 2.05) is 24.3 Å². The second-order valence-electron chi connectivity index (χ2n) is 10.7. The molecule has 37 heavy (non-hydrogen) atoms. The summed E-state index contributed by atoms with van der Waals surface area (Å²) in [5.41, 5.74) is 0.747. The van der Waals surface area contributed by atoms with Crippen molar-refractivity contribution in [3.05, 3.63) is 53.6 Å². The number of ether oxygens (including phenoxy) is 1. The lowest BCUT2D eigenvalue weighted by molar-refractivity contribution is 0.00578. The summed E-state index contributed by atoms with van der Waals surface area (Å²) in [6.45, 7) is 10.4. The molecule has 0 atom stereocenters. The number of aryl methyl sites for hydroxylation is 1. The summed E-state index contributed by atoms with van der Waals surface area (Å²) in [4.78, 5) is 13.8. The van der Waals surface area contributed by atoms with Gasteiger partial charge in [-0.2, -0.15) is 11.3 Å². The first kappa shape index (κ1) is 26.5. The van der Waals surface area contributed by atoms with Gasteiger partial charge in [0.15, 0.2) is 0 Å². The molecule has 1 fully saturated rings. The van der Waals surface area contributed by atoms with Crippen molar-refractivity contribution in [2.75, 3.05) is 0 Å². The zero-order valence-electron chi connectivity index (χ0n) is 22.2. The zero-order chi connectivity index (χ0) is 26.4. The van der Waals surface area contributed by atoms with E-state index in [2.05, 4.69) is 40.7 Å². The van der Waals surface area contributed by atoms with Gasteiger partial charge in [-0.05, 0) is 74.5 Å². The van der Waals surface area contributed by atoms with Gasteiger partial charge in [-0.3, -0.25) is 0 Å². The second-order valence-corrected chi connectivity index (χ2v) is 12.9. The number of hydrogen-bond acceptors (Lipinski definition) is 6. The average molecular weight is 530 g/mol. The number of hydrogen-bond donors (Lipinski definition) is 0. The standard InChI is InChI=1S/C29H32B2O4S2/c1-6-7-8-12-15-19-20-16-22(30)36-25(20)26-21(24(19)27(32)33-18-13-10-9-11-14-18)17-23(37-26)31-34-28(2,3)29(4,5)35-31/h9-11,13-14,16-17H,6-8,12,15H2,1-5H3. The van der Waals surface area contributed by atoms with E-state index < -0.39 is 18.3 Å². The van der Waals surface area contributed by atoms with Crippen molar-refractivity contribution in [1.82, 2.24) is 0 Å². The van der Waals surface area contributed by atoms with Crippen molar-refractivity contribution in [2.24, 2.45) is 0 Å². The van der Waals surface area contributed by atoms with Gasteiger partial charge >= 0.3 is 13.1 Å². The van der Waals surface area contributed by atoms with Crippen LogP contribution >= 0.6 is 22.7 Å². The largest absolute Gasteiger partial charge is 0.505 e. The molecule has 0 N–H and O–H groups in total. The Labute approximate surface area is 228 Å². The molecule has 0 unspecified atom stereocenters. The van der Waals surface area contributed by atoms with Gasteiger partial charge in [0, 0.05) is 10.2 Å². The molecule has 1 aliphatic rings. The van der Waals surface area contributed by atoms with Gasteiger partial charge in [-0.25, -0.2) is 4.79 Å². The number of rotatable bonds is 8. The molecule has 2 aromatic heterocycles. The van der Waals surface area contributed by atoms with Crippen LogP contribution in [0.4, 0.5) is 0 Å². The van der Waals surface area contributed by atoms with Crippen molar-refractivity contribution >= 4 is 73.3 Å². The molecule has 0 spiro atoms. The number of para-hydroxylation sites is 1. The van der Waals surface area contributed by atoms with Crippen LogP contribution in [0.5, 0.6) is 5.75 Å². The molecule has 2 radical (unpaired) electrons. The SMILES string of the molecule is [B]c1cc2c(CCCCCC)c(C(=O)Oc3ccccc3)c3cc(B4OC(C)(C)C(C)(C)O4)sc3c2s1. The van der Waals surface area contributed by atoms with E-state index in [9.17, 15) is 4.79 Å². The Morgan fingerprint density at radius 1 is 0.946 bits per heavy atom. The maximum Gasteiger partial charge on any atom is 0.505 e. The normalized spacial score (nSPS) is 16.6. The lowest BCUT2D eigenvalue weighted by Gasteiger charge is -2.32. The van der Waals surface area contributed by atoms with Gasteiger partial charge < -0.3 is 14.0 Å². The first-order valence-electron chi connectivity index (χ1n) is 13.0. The van der Waals surface area contributed by atoms with Crippen LogP contribution in [0, 0.1) is 0 Å². The molecule has 1 saturated heterocycles. The third kappa shape index (κ3) is 5.01. The number of carbonyl (C=O) groups excluding carboxylic acids is 1. The molecule has 190 valence electrons. The first-order valence-corrected chi connectivity index (χ1v) is 14.6. The number of fused-ring (bicyclic) bond motifs is 3. The van der Waals surface area contributed by atoms with Crippen LogP contribution in [0.1, 0.15) is 76.2 Å². The molecule has 4 aromatic rings. The Morgan fingerprint density at radius 3 is 2.30 bits per heavy atom. The minimum absolute atomic E-state index is 0.341. The number of thiophene rings is 2. The highest BCUT2D eigenvalue weighted by atomic mass is 32.1. The Hall–Kier alpha value is -2.12. The maximum atomic E-state index is 13.8. The Kier molecular flexibility index (Phi) is 7.31. The molecule has 4 nitrogen and oxygen atoms in total. The van der Waals surface area contributed by atoms with Crippen molar-refractivity contribution in [3.63, 3.8) is 0 Å². The van der Waals surface area contributed by atoms with Crippen LogP contribution < -0.4 is 14.3 Å². The lowest BCUT2D eigenvalue weighted by atomic mass is 9.86. The summed E-state index contributed by atoms with van der Waals surface area (Å²) in [7, 11) is 5.83. The van der Waals surface area contributed by atoms with E-state index in [0.717, 1.165) is 61.0 Å². The average Bonchev–Trinajstić information content (AvgIpc) is 3.50. The van der Waals surface area contributed by atoms with E-state index in [-0.39, 0.29) is 5.97 Å². The fraction of sp³-hybridized carbons (Fsp3) is 0.414. The zero-order valence-corrected chi connectivity index (χ0v) is 23.8. The third-order valence-electron chi connectivity index (χ3n) is 7.53. The van der Waals surface area contributed by atoms with Crippen LogP contribution in [0.25, 0.3) is 20.2 Å². The fourth-order valence-electron chi connectivity index (χ4n) is 4.81. The van der Waals surface area contributed by atoms with Gasteiger partial charge in [0.2, 0.25) is 0 Å². The summed E-state index contributed by atoms with van der Waals surface area (Å²) >= 11 is 3.19. The summed E-state index contributed by atoms with van der Waals surface area (Å²) in [6, 6.07) is 13.3. The molecule has 0 amide bonds. The number of benzene rings is 2. The van der Waals surface area contributed by atoms with Crippen LogP contribution in [0.3, 0.4) is 0 Å².